The fourth-order valence-electron chi connectivity index (χ4n) is 5.71. The molecule has 0 spiro atoms. The SMILES string of the molecule is Cc1nc2ccccc2n1-c1nc(N2CCOCC2)c2nc(CN3CCN(CC4CC4)CC3)n(C)c2n1. The van der Waals surface area contributed by atoms with E-state index in [9.17, 15) is 0 Å². The van der Waals surface area contributed by atoms with E-state index in [0.717, 1.165) is 91.4 Å². The molecule has 10 heteroatoms. The quantitative estimate of drug-likeness (QED) is 0.399. The summed E-state index contributed by atoms with van der Waals surface area (Å²) in [5, 5.41) is 0. The van der Waals surface area contributed by atoms with E-state index in [-0.39, 0.29) is 0 Å². The number of benzene rings is 1. The third-order valence-corrected chi connectivity index (χ3v) is 8.06. The van der Waals surface area contributed by atoms with Crippen molar-refractivity contribution in [2.75, 3.05) is 63.9 Å². The van der Waals surface area contributed by atoms with E-state index < -0.39 is 0 Å². The highest BCUT2D eigenvalue weighted by Crippen LogP contribution is 2.31. The molecule has 5 heterocycles. The highest BCUT2D eigenvalue weighted by molar-refractivity contribution is 5.86. The maximum absolute atomic E-state index is 5.64. The summed E-state index contributed by atoms with van der Waals surface area (Å²) in [7, 11) is 2.09. The molecule has 37 heavy (non-hydrogen) atoms. The lowest BCUT2D eigenvalue weighted by Crippen LogP contribution is -2.46. The van der Waals surface area contributed by atoms with E-state index in [1.54, 1.807) is 0 Å². The van der Waals surface area contributed by atoms with E-state index >= 15 is 0 Å². The fourth-order valence-corrected chi connectivity index (χ4v) is 5.71. The summed E-state index contributed by atoms with van der Waals surface area (Å²) in [5.41, 5.74) is 3.70. The molecule has 4 aromatic rings. The first-order valence-corrected chi connectivity index (χ1v) is 13.6. The maximum atomic E-state index is 5.64. The van der Waals surface area contributed by atoms with Crippen LogP contribution in [0.25, 0.3) is 28.1 Å². The minimum Gasteiger partial charge on any atom is -0.378 e. The Labute approximate surface area is 216 Å². The van der Waals surface area contributed by atoms with Gasteiger partial charge in [-0.15, -0.1) is 0 Å². The van der Waals surface area contributed by atoms with Gasteiger partial charge in [0, 0.05) is 52.9 Å². The Kier molecular flexibility index (Phi) is 5.82. The van der Waals surface area contributed by atoms with Crippen molar-refractivity contribution < 1.29 is 4.74 Å². The number of morpholine rings is 1. The van der Waals surface area contributed by atoms with Crippen LogP contribution in [0.3, 0.4) is 0 Å². The lowest BCUT2D eigenvalue weighted by Gasteiger charge is -2.34. The van der Waals surface area contributed by atoms with Crippen molar-refractivity contribution >= 4 is 28.0 Å². The maximum Gasteiger partial charge on any atom is 0.239 e. The molecule has 2 saturated heterocycles. The lowest BCUT2D eigenvalue weighted by molar-refractivity contribution is 0.120. The molecule has 2 aliphatic heterocycles. The number of ether oxygens (including phenoxy) is 1. The van der Waals surface area contributed by atoms with Crippen molar-refractivity contribution in [2.45, 2.75) is 26.3 Å². The highest BCUT2D eigenvalue weighted by atomic mass is 16.5. The van der Waals surface area contributed by atoms with Crippen molar-refractivity contribution in [2.24, 2.45) is 13.0 Å². The molecule has 7 rings (SSSR count). The third-order valence-electron chi connectivity index (χ3n) is 8.06. The van der Waals surface area contributed by atoms with E-state index in [2.05, 4.69) is 36.9 Å². The number of aromatic nitrogens is 6. The molecule has 1 aromatic carbocycles. The molecule has 0 radical (unpaired) electrons. The van der Waals surface area contributed by atoms with Crippen LogP contribution in [-0.4, -0.2) is 97.9 Å². The molecule has 0 N–H and O–H groups in total. The van der Waals surface area contributed by atoms with Gasteiger partial charge in [0.2, 0.25) is 5.95 Å². The molecule has 1 saturated carbocycles. The first-order valence-electron chi connectivity index (χ1n) is 13.6. The Morgan fingerprint density at radius 3 is 2.43 bits per heavy atom. The molecule has 194 valence electrons. The predicted octanol–water partition coefficient (Wildman–Crippen LogP) is 2.37. The second-order valence-corrected chi connectivity index (χ2v) is 10.7. The number of aryl methyl sites for hydroxylation is 2. The molecule has 10 nitrogen and oxygen atoms in total. The smallest absolute Gasteiger partial charge is 0.239 e. The first kappa shape index (κ1) is 23.1. The molecule has 0 amide bonds. The van der Waals surface area contributed by atoms with Gasteiger partial charge in [0.1, 0.15) is 11.6 Å². The Morgan fingerprint density at radius 1 is 0.892 bits per heavy atom. The largest absolute Gasteiger partial charge is 0.378 e. The fraction of sp³-hybridized carbons (Fsp3) is 0.556. The second-order valence-electron chi connectivity index (χ2n) is 10.7. The Hall–Kier alpha value is -3.08. The van der Waals surface area contributed by atoms with Crippen LogP contribution in [0, 0.1) is 12.8 Å². The van der Waals surface area contributed by atoms with Gasteiger partial charge >= 0.3 is 0 Å². The molecule has 0 atom stereocenters. The number of imidazole rings is 2. The van der Waals surface area contributed by atoms with E-state index in [1.165, 1.54) is 19.4 Å². The van der Waals surface area contributed by atoms with E-state index in [4.69, 9.17) is 24.7 Å². The van der Waals surface area contributed by atoms with Crippen LogP contribution >= 0.6 is 0 Å². The average molecular weight is 502 g/mol. The summed E-state index contributed by atoms with van der Waals surface area (Å²) >= 11 is 0. The van der Waals surface area contributed by atoms with Crippen molar-refractivity contribution in [3.63, 3.8) is 0 Å². The van der Waals surface area contributed by atoms with Crippen LogP contribution in [0.5, 0.6) is 0 Å². The second kappa shape index (κ2) is 9.34. The molecule has 3 aromatic heterocycles. The van der Waals surface area contributed by atoms with Crippen molar-refractivity contribution in [3.05, 3.63) is 35.9 Å². The minimum atomic E-state index is 0.642. The summed E-state index contributed by atoms with van der Waals surface area (Å²) < 4.78 is 9.86. The van der Waals surface area contributed by atoms with Gasteiger partial charge < -0.3 is 19.1 Å². The lowest BCUT2D eigenvalue weighted by atomic mass is 10.3. The normalized spacial score (nSPS) is 19.9. The van der Waals surface area contributed by atoms with Crippen LogP contribution < -0.4 is 4.90 Å². The summed E-state index contributed by atoms with van der Waals surface area (Å²) in [5.74, 6) is 4.40. The van der Waals surface area contributed by atoms with E-state index in [0.29, 0.717) is 19.2 Å². The van der Waals surface area contributed by atoms with Gasteiger partial charge in [-0.3, -0.25) is 9.47 Å². The third kappa shape index (κ3) is 4.36. The molecule has 3 aliphatic rings. The molecule has 1 aliphatic carbocycles. The zero-order valence-corrected chi connectivity index (χ0v) is 21.8. The number of anilines is 1. The number of nitrogens with zero attached hydrogens (tertiary/aromatic N) is 9. The zero-order valence-electron chi connectivity index (χ0n) is 21.8. The molecule has 3 fully saturated rings. The van der Waals surface area contributed by atoms with Gasteiger partial charge in [-0.2, -0.15) is 9.97 Å². The van der Waals surface area contributed by atoms with Crippen LogP contribution in [0.2, 0.25) is 0 Å². The van der Waals surface area contributed by atoms with Gasteiger partial charge in [-0.05, 0) is 37.8 Å². The number of para-hydroxylation sites is 2. The average Bonchev–Trinajstić information content (AvgIpc) is 3.60. The Morgan fingerprint density at radius 2 is 1.65 bits per heavy atom. The molecular formula is C27H35N9O. The van der Waals surface area contributed by atoms with Crippen LogP contribution in [0.4, 0.5) is 5.82 Å². The topological polar surface area (TPSA) is 80.4 Å². The van der Waals surface area contributed by atoms with Crippen molar-refractivity contribution in [3.8, 4) is 5.95 Å². The number of fused-ring (bicyclic) bond motifs is 2. The summed E-state index contributed by atoms with van der Waals surface area (Å²) in [6.07, 6.45) is 2.84. The monoisotopic (exact) mass is 501 g/mol. The number of hydrogen-bond acceptors (Lipinski definition) is 8. The van der Waals surface area contributed by atoms with Gasteiger partial charge in [0.05, 0.1) is 30.8 Å². The number of rotatable bonds is 6. The molecule has 0 bridgehead atoms. The van der Waals surface area contributed by atoms with Gasteiger partial charge in [-0.25, -0.2) is 9.97 Å². The van der Waals surface area contributed by atoms with E-state index in [1.807, 2.05) is 25.1 Å². The van der Waals surface area contributed by atoms with Gasteiger partial charge in [0.25, 0.3) is 0 Å². The summed E-state index contributed by atoms with van der Waals surface area (Å²) in [6, 6.07) is 8.16. The Balaban J connectivity index is 1.26. The minimum absolute atomic E-state index is 0.642. The van der Waals surface area contributed by atoms with Gasteiger partial charge in [-0.1, -0.05) is 12.1 Å². The number of hydrogen-bond donors (Lipinski definition) is 0. The van der Waals surface area contributed by atoms with Crippen molar-refractivity contribution in [1.82, 2.24) is 38.9 Å². The van der Waals surface area contributed by atoms with Crippen molar-refractivity contribution in [1.29, 1.82) is 0 Å². The standard InChI is InChI=1S/C27H35N9O/c1-19-28-21-5-3-4-6-22(21)36(19)27-30-25-24(26(31-27)35-13-15-37-16-14-35)29-23(32(25)2)18-34-11-9-33(10-12-34)17-20-7-8-20/h3-6,20H,7-18H2,1-2H3. The first-order chi connectivity index (χ1) is 18.1. The van der Waals surface area contributed by atoms with Crippen LogP contribution in [-0.2, 0) is 18.3 Å². The van der Waals surface area contributed by atoms with Gasteiger partial charge in [0.15, 0.2) is 17.0 Å². The summed E-state index contributed by atoms with van der Waals surface area (Å²) in [6.45, 7) is 11.6. The Bertz CT molecular complexity index is 1420. The molecule has 0 unspecified atom stereocenters. The predicted molar refractivity (Wildman–Crippen MR) is 143 cm³/mol. The van der Waals surface area contributed by atoms with Crippen LogP contribution in [0.1, 0.15) is 24.5 Å². The molecular weight excluding hydrogens is 466 g/mol. The zero-order chi connectivity index (χ0) is 24.9. The summed E-state index contributed by atoms with van der Waals surface area (Å²) in [4.78, 5) is 27.5. The van der Waals surface area contributed by atoms with Crippen LogP contribution in [0.15, 0.2) is 24.3 Å². The highest BCUT2D eigenvalue weighted by Gasteiger charge is 2.28. The number of piperazine rings is 1.